The van der Waals surface area contributed by atoms with Gasteiger partial charge in [-0.05, 0) is 43.5 Å². The molecule has 2 aromatic rings. The Morgan fingerprint density at radius 1 is 1.17 bits per heavy atom. The number of carbonyl (C=O) groups excluding carboxylic acids is 2. The van der Waals surface area contributed by atoms with Crippen LogP contribution in [0, 0.1) is 6.92 Å². The van der Waals surface area contributed by atoms with Gasteiger partial charge in [0.15, 0.2) is 11.5 Å². The van der Waals surface area contributed by atoms with E-state index in [2.05, 4.69) is 5.10 Å². The number of rotatable bonds is 5. The second-order valence-corrected chi connectivity index (χ2v) is 7.94. The number of hydrogen-bond acceptors (Lipinski definition) is 5. The number of carbonyl (C=O) groups is 2. The number of ether oxygens (including phenoxy) is 2. The summed E-state index contributed by atoms with van der Waals surface area (Å²) in [7, 11) is 1.89. The predicted molar refractivity (Wildman–Crippen MR) is 110 cm³/mol. The van der Waals surface area contributed by atoms with Gasteiger partial charge in [-0.3, -0.25) is 14.3 Å². The van der Waals surface area contributed by atoms with Gasteiger partial charge in [-0.25, -0.2) is 0 Å². The van der Waals surface area contributed by atoms with Crippen LogP contribution in [0.15, 0.2) is 24.3 Å². The lowest BCUT2D eigenvalue weighted by Crippen LogP contribution is -2.46. The Morgan fingerprint density at radius 2 is 1.93 bits per heavy atom. The van der Waals surface area contributed by atoms with Crippen molar-refractivity contribution < 1.29 is 19.1 Å². The molecule has 3 heterocycles. The number of nitrogens with zero attached hydrogens (tertiary/aromatic N) is 4. The quantitative estimate of drug-likeness (QED) is 0.751. The monoisotopic (exact) mass is 412 g/mol. The van der Waals surface area contributed by atoms with Crippen molar-refractivity contribution in [1.82, 2.24) is 19.6 Å². The molecule has 30 heavy (non-hydrogen) atoms. The Bertz CT molecular complexity index is 935. The minimum Gasteiger partial charge on any atom is -0.486 e. The summed E-state index contributed by atoms with van der Waals surface area (Å²) in [6, 6.07) is 7.34. The minimum atomic E-state index is -0.412. The second-order valence-electron chi connectivity index (χ2n) is 7.94. The molecule has 0 saturated carbocycles. The van der Waals surface area contributed by atoms with Gasteiger partial charge < -0.3 is 19.3 Å². The first kappa shape index (κ1) is 20.3. The Labute approximate surface area is 176 Å². The van der Waals surface area contributed by atoms with Crippen molar-refractivity contribution in [3.63, 3.8) is 0 Å². The van der Waals surface area contributed by atoms with E-state index < -0.39 is 6.04 Å². The lowest BCUT2D eigenvalue weighted by molar-refractivity contribution is -0.143. The zero-order valence-electron chi connectivity index (χ0n) is 17.8. The van der Waals surface area contributed by atoms with Gasteiger partial charge in [0.2, 0.25) is 11.8 Å². The molecule has 160 valence electrons. The maximum Gasteiger partial charge on any atom is 0.246 e. The number of fused-ring (bicyclic) bond motifs is 1. The van der Waals surface area contributed by atoms with E-state index in [1.54, 1.807) is 14.5 Å². The van der Waals surface area contributed by atoms with Crippen molar-refractivity contribution in [2.24, 2.45) is 7.05 Å². The molecule has 2 aliphatic rings. The summed E-state index contributed by atoms with van der Waals surface area (Å²) in [5.41, 5.74) is 2.81. The van der Waals surface area contributed by atoms with Gasteiger partial charge in [0.05, 0.1) is 12.2 Å². The van der Waals surface area contributed by atoms with Gasteiger partial charge in [0.25, 0.3) is 0 Å². The molecule has 0 N–H and O–H groups in total. The number of aryl methyl sites for hydroxylation is 2. The molecule has 2 amide bonds. The van der Waals surface area contributed by atoms with Crippen LogP contribution < -0.4 is 9.47 Å². The molecule has 2 aliphatic heterocycles. The van der Waals surface area contributed by atoms with Crippen LogP contribution in [0.4, 0.5) is 0 Å². The maximum absolute atomic E-state index is 13.5. The normalized spacial score (nSPS) is 17.8. The van der Waals surface area contributed by atoms with Crippen LogP contribution in [0.3, 0.4) is 0 Å². The van der Waals surface area contributed by atoms with Crippen LogP contribution in [0.5, 0.6) is 11.5 Å². The molecule has 1 aromatic carbocycles. The molecule has 8 nitrogen and oxygen atoms in total. The zero-order valence-corrected chi connectivity index (χ0v) is 17.8. The zero-order chi connectivity index (χ0) is 21.3. The molecule has 1 atom stereocenters. The summed E-state index contributed by atoms with van der Waals surface area (Å²) in [5, 5.41) is 4.52. The molecule has 0 spiro atoms. The van der Waals surface area contributed by atoms with Crippen LogP contribution in [-0.2, 0) is 29.7 Å². The Morgan fingerprint density at radius 3 is 2.63 bits per heavy atom. The summed E-state index contributed by atoms with van der Waals surface area (Å²) in [5.74, 6) is 1.33. The summed E-state index contributed by atoms with van der Waals surface area (Å²) in [6.45, 7) is 5.99. The summed E-state index contributed by atoms with van der Waals surface area (Å²) >= 11 is 0. The SMILES string of the molecule is CC(=O)N1CCCC1C(=O)N(Cc1ccc2c(c1)OCCO2)Cc1cc(C)n(C)n1. The fourth-order valence-corrected chi connectivity index (χ4v) is 4.14. The molecule has 1 aromatic heterocycles. The van der Waals surface area contributed by atoms with E-state index in [0.29, 0.717) is 45.0 Å². The van der Waals surface area contributed by atoms with Gasteiger partial charge in [-0.1, -0.05) is 6.07 Å². The van der Waals surface area contributed by atoms with Crippen molar-refractivity contribution >= 4 is 11.8 Å². The lowest BCUT2D eigenvalue weighted by Gasteiger charge is -2.30. The number of amides is 2. The van der Waals surface area contributed by atoms with Crippen molar-refractivity contribution in [2.75, 3.05) is 19.8 Å². The predicted octanol–water partition coefficient (Wildman–Crippen LogP) is 2.04. The highest BCUT2D eigenvalue weighted by Crippen LogP contribution is 2.31. The first-order chi connectivity index (χ1) is 14.4. The van der Waals surface area contributed by atoms with Crippen LogP contribution in [0.1, 0.15) is 36.7 Å². The average Bonchev–Trinajstić information content (AvgIpc) is 3.34. The van der Waals surface area contributed by atoms with E-state index >= 15 is 0 Å². The van der Waals surface area contributed by atoms with Crippen LogP contribution >= 0.6 is 0 Å². The van der Waals surface area contributed by atoms with Crippen molar-refractivity contribution in [2.45, 2.75) is 45.8 Å². The van der Waals surface area contributed by atoms with Crippen molar-refractivity contribution in [3.8, 4) is 11.5 Å². The Kier molecular flexibility index (Phi) is 5.65. The molecule has 1 fully saturated rings. The molecule has 1 unspecified atom stereocenters. The lowest BCUT2D eigenvalue weighted by atomic mass is 10.1. The summed E-state index contributed by atoms with van der Waals surface area (Å²) in [6.07, 6.45) is 1.54. The molecule has 0 bridgehead atoms. The highest BCUT2D eigenvalue weighted by atomic mass is 16.6. The largest absolute Gasteiger partial charge is 0.486 e. The topological polar surface area (TPSA) is 76.9 Å². The Balaban J connectivity index is 1.59. The highest BCUT2D eigenvalue weighted by molar-refractivity contribution is 5.87. The van der Waals surface area contributed by atoms with Gasteiger partial charge in [0, 0.05) is 32.8 Å². The number of benzene rings is 1. The molecular formula is C22H28N4O4. The summed E-state index contributed by atoms with van der Waals surface area (Å²) < 4.78 is 13.1. The first-order valence-electron chi connectivity index (χ1n) is 10.4. The highest BCUT2D eigenvalue weighted by Gasteiger charge is 2.35. The van der Waals surface area contributed by atoms with E-state index in [0.717, 1.165) is 29.1 Å². The molecule has 4 rings (SSSR count). The van der Waals surface area contributed by atoms with Crippen LogP contribution in [-0.4, -0.2) is 57.2 Å². The molecular weight excluding hydrogens is 384 g/mol. The third-order valence-corrected chi connectivity index (χ3v) is 5.75. The average molecular weight is 412 g/mol. The van der Waals surface area contributed by atoms with E-state index in [1.165, 1.54) is 6.92 Å². The van der Waals surface area contributed by atoms with Gasteiger partial charge in [-0.15, -0.1) is 0 Å². The van der Waals surface area contributed by atoms with E-state index in [-0.39, 0.29) is 11.8 Å². The molecule has 8 heteroatoms. The molecule has 0 radical (unpaired) electrons. The second kappa shape index (κ2) is 8.38. The van der Waals surface area contributed by atoms with E-state index in [9.17, 15) is 9.59 Å². The van der Waals surface area contributed by atoms with Gasteiger partial charge in [0.1, 0.15) is 19.3 Å². The smallest absolute Gasteiger partial charge is 0.246 e. The summed E-state index contributed by atoms with van der Waals surface area (Å²) in [4.78, 5) is 29.0. The van der Waals surface area contributed by atoms with Gasteiger partial charge >= 0.3 is 0 Å². The van der Waals surface area contributed by atoms with Crippen molar-refractivity contribution in [3.05, 3.63) is 41.2 Å². The number of hydrogen-bond donors (Lipinski definition) is 0. The van der Waals surface area contributed by atoms with Crippen LogP contribution in [0.25, 0.3) is 0 Å². The standard InChI is InChI=1S/C22H28N4O4/c1-15-11-18(23-24(15)3)14-25(22(28)19-5-4-8-26(19)16(2)27)13-17-6-7-20-21(12-17)30-10-9-29-20/h6-7,11-12,19H,4-5,8-10,13-14H2,1-3H3. The Hall–Kier alpha value is -3.03. The fraction of sp³-hybridized carbons (Fsp3) is 0.500. The third kappa shape index (κ3) is 4.13. The van der Waals surface area contributed by atoms with Crippen LogP contribution in [0.2, 0.25) is 0 Å². The van der Waals surface area contributed by atoms with E-state index in [1.807, 2.05) is 38.2 Å². The van der Waals surface area contributed by atoms with Crippen molar-refractivity contribution in [1.29, 1.82) is 0 Å². The fourth-order valence-electron chi connectivity index (χ4n) is 4.14. The number of aromatic nitrogens is 2. The minimum absolute atomic E-state index is 0.0408. The third-order valence-electron chi connectivity index (χ3n) is 5.75. The molecule has 1 saturated heterocycles. The number of likely N-dealkylation sites (tertiary alicyclic amines) is 1. The van der Waals surface area contributed by atoms with E-state index in [4.69, 9.17) is 9.47 Å². The first-order valence-corrected chi connectivity index (χ1v) is 10.4. The van der Waals surface area contributed by atoms with Gasteiger partial charge in [-0.2, -0.15) is 5.10 Å². The maximum atomic E-state index is 13.5. The molecule has 0 aliphatic carbocycles.